The molecule has 0 saturated heterocycles. The van der Waals surface area contributed by atoms with E-state index in [1.165, 1.54) is 21.3 Å². The molecule has 41 heavy (non-hydrogen) atoms. The lowest BCUT2D eigenvalue weighted by Crippen LogP contribution is -2.31. The summed E-state index contributed by atoms with van der Waals surface area (Å²) in [6, 6.07) is 0. The Labute approximate surface area is 239 Å². The molecule has 0 radical (unpaired) electrons. The normalized spacial score (nSPS) is 13.4. The number of rotatable bonds is 22. The molecule has 4 unspecified atom stereocenters. The maximum Gasteiger partial charge on any atom is 0.325 e. The Balaban J connectivity index is 0. The van der Waals surface area contributed by atoms with Gasteiger partial charge in [-0.15, -0.1) is 0 Å². The number of hydrogen-bond donors (Lipinski definition) is 4. The van der Waals surface area contributed by atoms with Gasteiger partial charge in [0.25, 0.3) is 0 Å². The molecule has 1 amide bonds. The van der Waals surface area contributed by atoms with Gasteiger partial charge in [-0.05, 0) is 12.8 Å². The van der Waals surface area contributed by atoms with Crippen LogP contribution in [0.25, 0.3) is 0 Å². The van der Waals surface area contributed by atoms with E-state index in [4.69, 9.17) is 43.7 Å². The summed E-state index contributed by atoms with van der Waals surface area (Å²) in [6.45, 7) is 2.84. The minimum atomic E-state index is -1.05. The molecule has 0 aromatic heterocycles. The molecule has 240 valence electrons. The van der Waals surface area contributed by atoms with Crippen LogP contribution >= 0.6 is 0 Å². The number of ether oxygens (including phenoxy) is 7. The fraction of sp³-hybridized carbons (Fsp3) is 0.800. The molecule has 0 fully saturated rings. The Morgan fingerprint density at radius 2 is 1.12 bits per heavy atom. The second-order valence-electron chi connectivity index (χ2n) is 8.14. The summed E-state index contributed by atoms with van der Waals surface area (Å²) < 4.78 is 34.6. The maximum atomic E-state index is 11.6. The molecule has 0 heterocycles. The first kappa shape index (κ1) is 40.2. The highest BCUT2D eigenvalue weighted by Gasteiger charge is 2.18. The number of carbonyl (C=O) groups is 5. The number of hydrogen-bond acceptors (Lipinski definition) is 14. The van der Waals surface area contributed by atoms with E-state index >= 15 is 0 Å². The van der Waals surface area contributed by atoms with E-state index in [1.54, 1.807) is 0 Å². The lowest BCUT2D eigenvalue weighted by molar-refractivity contribution is -0.188. The highest BCUT2D eigenvalue weighted by atomic mass is 16.7. The molecule has 0 aromatic rings. The van der Waals surface area contributed by atoms with Gasteiger partial charge in [0.2, 0.25) is 5.91 Å². The quantitative estimate of drug-likeness (QED) is 0.0700. The van der Waals surface area contributed by atoms with Crippen LogP contribution in [0, 0.1) is 0 Å². The van der Waals surface area contributed by atoms with Crippen molar-refractivity contribution in [2.24, 2.45) is 0 Å². The van der Waals surface area contributed by atoms with Gasteiger partial charge in [-0.3, -0.25) is 24.0 Å². The summed E-state index contributed by atoms with van der Waals surface area (Å²) >= 11 is 0. The lowest BCUT2D eigenvalue weighted by Gasteiger charge is -2.21. The third kappa shape index (κ3) is 23.5. The monoisotopic (exact) mass is 599 g/mol. The number of aliphatic hydroxyl groups is 2. The van der Waals surface area contributed by atoms with Crippen LogP contribution in [0.15, 0.2) is 0 Å². The summed E-state index contributed by atoms with van der Waals surface area (Å²) in [5.41, 5.74) is 0. The lowest BCUT2D eigenvalue weighted by atomic mass is 10.3. The van der Waals surface area contributed by atoms with E-state index in [0.717, 1.165) is 0 Å². The second-order valence-corrected chi connectivity index (χ2v) is 8.14. The third-order valence-electron chi connectivity index (χ3n) is 5.04. The van der Waals surface area contributed by atoms with Crippen LogP contribution < -0.4 is 5.32 Å². The van der Waals surface area contributed by atoms with Crippen LogP contribution in [0.3, 0.4) is 0 Å². The highest BCUT2D eigenvalue weighted by Crippen LogP contribution is 2.07. The smallest absolute Gasteiger partial charge is 0.325 e. The number of aliphatic carboxylic acids is 1. The average Bonchev–Trinajstić information content (AvgIpc) is 2.98. The van der Waals surface area contributed by atoms with Crippen molar-refractivity contribution in [3.8, 4) is 0 Å². The van der Waals surface area contributed by atoms with E-state index in [2.05, 4.69) is 10.1 Å². The minimum absolute atomic E-state index is 0.00102. The van der Waals surface area contributed by atoms with Gasteiger partial charge in [0, 0.05) is 20.6 Å². The fourth-order valence-electron chi connectivity index (χ4n) is 2.55. The third-order valence-corrected chi connectivity index (χ3v) is 5.04. The summed E-state index contributed by atoms with van der Waals surface area (Å²) in [5, 5.41) is 28.5. The first-order valence-electron chi connectivity index (χ1n) is 12.9. The zero-order valence-corrected chi connectivity index (χ0v) is 24.3. The van der Waals surface area contributed by atoms with Crippen molar-refractivity contribution in [1.82, 2.24) is 5.32 Å². The molecule has 0 spiro atoms. The largest absolute Gasteiger partial charge is 0.481 e. The van der Waals surface area contributed by atoms with Gasteiger partial charge < -0.3 is 53.8 Å². The van der Waals surface area contributed by atoms with Gasteiger partial charge in [-0.1, -0.05) is 13.8 Å². The van der Waals surface area contributed by atoms with E-state index in [0.29, 0.717) is 12.8 Å². The Morgan fingerprint density at radius 3 is 1.46 bits per heavy atom. The summed E-state index contributed by atoms with van der Waals surface area (Å²) in [4.78, 5) is 55.2. The Hall–Kier alpha value is -2.89. The van der Waals surface area contributed by atoms with Gasteiger partial charge in [-0.25, -0.2) is 0 Å². The Bertz CT molecular complexity index is 741. The molecule has 4 atom stereocenters. The van der Waals surface area contributed by atoms with Crippen LogP contribution in [0.5, 0.6) is 0 Å². The van der Waals surface area contributed by atoms with Crippen LogP contribution in [-0.2, 0) is 57.1 Å². The molecule has 4 N–H and O–H groups in total. The number of nitrogens with one attached hydrogen (secondary N) is 1. The molecule has 0 saturated carbocycles. The number of methoxy groups -OCH3 is 3. The highest BCUT2D eigenvalue weighted by molar-refractivity contribution is 5.84. The van der Waals surface area contributed by atoms with E-state index in [1.807, 2.05) is 13.8 Å². The molecular weight excluding hydrogens is 554 g/mol. The molecule has 0 aromatic carbocycles. The Morgan fingerprint density at radius 1 is 0.683 bits per heavy atom. The van der Waals surface area contributed by atoms with Gasteiger partial charge in [0.15, 0.2) is 12.6 Å². The van der Waals surface area contributed by atoms with Crippen molar-refractivity contribution in [2.75, 3.05) is 54.3 Å². The number of carboxylic acid groups (broad SMARTS) is 1. The molecule has 0 bridgehead atoms. The number of carboxylic acids is 1. The summed E-state index contributed by atoms with van der Waals surface area (Å²) in [6.07, 6.45) is -1.83. The Kier molecular flexibility index (Phi) is 25.6. The number of amides is 1. The van der Waals surface area contributed by atoms with Gasteiger partial charge in [-0.2, -0.15) is 0 Å². The van der Waals surface area contributed by atoms with Crippen LogP contribution in [0.2, 0.25) is 0 Å². The first-order valence-corrected chi connectivity index (χ1v) is 12.9. The minimum Gasteiger partial charge on any atom is -0.481 e. The average molecular weight is 600 g/mol. The van der Waals surface area contributed by atoms with Crippen LogP contribution in [0.4, 0.5) is 0 Å². The second kappa shape index (κ2) is 26.0. The van der Waals surface area contributed by atoms with Crippen LogP contribution in [0.1, 0.15) is 52.4 Å². The van der Waals surface area contributed by atoms with E-state index in [9.17, 15) is 24.0 Å². The standard InChI is InChI=1S/C14H25NO8.C11H20O7/c1-4-10(23-14(8-16)21-3)9-22-12(18)6-5-11(17)15-7-13(19)20-2;1-3-8(18-11(6-12)16-2)7-17-10(15)5-4-9(13)14/h10,14,16H,4-9H2,1-3H3,(H,15,17);8,11-12H,3-7H2,1-2H3,(H,13,14). The molecular formula is C25H45NO15. The zero-order valence-electron chi connectivity index (χ0n) is 24.3. The van der Waals surface area contributed by atoms with Crippen molar-refractivity contribution >= 4 is 29.8 Å². The predicted octanol–water partition coefficient (Wildman–Crippen LogP) is -0.487. The molecule has 0 aliphatic rings. The fourth-order valence-corrected chi connectivity index (χ4v) is 2.55. The number of carbonyl (C=O) groups excluding carboxylic acids is 4. The van der Waals surface area contributed by atoms with Gasteiger partial charge in [0.1, 0.15) is 19.8 Å². The summed E-state index contributed by atoms with van der Waals surface area (Å²) in [5.74, 6) is -3.21. The van der Waals surface area contributed by atoms with Crippen molar-refractivity contribution in [2.45, 2.75) is 77.2 Å². The van der Waals surface area contributed by atoms with Crippen molar-refractivity contribution in [1.29, 1.82) is 0 Å². The molecule has 16 heteroatoms. The zero-order chi connectivity index (χ0) is 31.6. The van der Waals surface area contributed by atoms with E-state index < -0.39 is 54.6 Å². The van der Waals surface area contributed by atoms with Crippen LogP contribution in [-0.4, -0.2) is 124 Å². The van der Waals surface area contributed by atoms with Crippen molar-refractivity contribution in [3.05, 3.63) is 0 Å². The SMILES string of the molecule is CCC(COC(=O)CCC(=O)NCC(=O)OC)OC(CO)OC.CCC(COC(=O)CCC(=O)O)OC(CO)OC. The van der Waals surface area contributed by atoms with Crippen molar-refractivity contribution < 1.29 is 72.5 Å². The number of esters is 3. The maximum absolute atomic E-state index is 11.6. The van der Waals surface area contributed by atoms with E-state index in [-0.39, 0.29) is 58.7 Å². The molecule has 16 nitrogen and oxygen atoms in total. The molecule has 0 rings (SSSR count). The predicted molar refractivity (Wildman–Crippen MR) is 139 cm³/mol. The molecule has 0 aliphatic heterocycles. The molecule has 0 aliphatic carbocycles. The van der Waals surface area contributed by atoms with Gasteiger partial charge in [0.05, 0.1) is 51.8 Å². The number of aliphatic hydroxyl groups excluding tert-OH is 2. The van der Waals surface area contributed by atoms with Gasteiger partial charge >= 0.3 is 23.9 Å². The summed E-state index contributed by atoms with van der Waals surface area (Å²) in [7, 11) is 4.00. The topological polar surface area (TPSA) is 223 Å². The van der Waals surface area contributed by atoms with Crippen molar-refractivity contribution in [3.63, 3.8) is 0 Å². The first-order chi connectivity index (χ1) is 19.5.